The fraction of sp³-hybridized carbons (Fsp3) is 0.333. The third-order valence-corrected chi connectivity index (χ3v) is 5.39. The second-order valence-corrected chi connectivity index (χ2v) is 7.09. The zero-order valence-corrected chi connectivity index (χ0v) is 13.4. The SMILES string of the molecule is COC(=O)c1ccc(S(=O)(=O)N[C@@H]2CCn3nccc3C2)cc1. The van der Waals surface area contributed by atoms with E-state index in [1.165, 1.54) is 31.4 Å². The summed E-state index contributed by atoms with van der Waals surface area (Å²) in [6.07, 6.45) is 3.02. The van der Waals surface area contributed by atoms with Gasteiger partial charge in [0.1, 0.15) is 0 Å². The van der Waals surface area contributed by atoms with Crippen molar-refractivity contribution < 1.29 is 17.9 Å². The predicted molar refractivity (Wildman–Crippen MR) is 82.4 cm³/mol. The van der Waals surface area contributed by atoms with Crippen LogP contribution < -0.4 is 4.72 Å². The van der Waals surface area contributed by atoms with Gasteiger partial charge >= 0.3 is 5.97 Å². The lowest BCUT2D eigenvalue weighted by molar-refractivity contribution is 0.0600. The molecule has 0 saturated carbocycles. The van der Waals surface area contributed by atoms with Gasteiger partial charge in [-0.3, -0.25) is 4.68 Å². The highest BCUT2D eigenvalue weighted by Gasteiger charge is 2.24. The van der Waals surface area contributed by atoms with E-state index < -0.39 is 16.0 Å². The first kappa shape index (κ1) is 15.7. The summed E-state index contributed by atoms with van der Waals surface area (Å²) in [7, 11) is -2.35. The van der Waals surface area contributed by atoms with Gasteiger partial charge in [-0.25, -0.2) is 17.9 Å². The van der Waals surface area contributed by atoms with Crippen LogP contribution in [0.5, 0.6) is 0 Å². The number of aryl methyl sites for hydroxylation is 1. The summed E-state index contributed by atoms with van der Waals surface area (Å²) in [5, 5.41) is 4.18. The summed E-state index contributed by atoms with van der Waals surface area (Å²) < 4.78 is 34.1. The smallest absolute Gasteiger partial charge is 0.337 e. The second-order valence-electron chi connectivity index (χ2n) is 5.37. The number of sulfonamides is 1. The van der Waals surface area contributed by atoms with Gasteiger partial charge in [-0.15, -0.1) is 0 Å². The molecule has 122 valence electrons. The van der Waals surface area contributed by atoms with Gasteiger partial charge in [-0.05, 0) is 36.8 Å². The largest absolute Gasteiger partial charge is 0.465 e. The zero-order valence-electron chi connectivity index (χ0n) is 12.6. The monoisotopic (exact) mass is 335 g/mol. The molecule has 7 nitrogen and oxygen atoms in total. The molecule has 0 fully saturated rings. The molecule has 2 heterocycles. The topological polar surface area (TPSA) is 90.3 Å². The van der Waals surface area contributed by atoms with Gasteiger partial charge in [0, 0.05) is 30.9 Å². The van der Waals surface area contributed by atoms with Gasteiger partial charge in [-0.2, -0.15) is 5.10 Å². The van der Waals surface area contributed by atoms with E-state index >= 15 is 0 Å². The zero-order chi connectivity index (χ0) is 16.4. The van der Waals surface area contributed by atoms with Crippen molar-refractivity contribution >= 4 is 16.0 Å². The first-order chi connectivity index (χ1) is 11.0. The Kier molecular flexibility index (Phi) is 4.18. The Bertz CT molecular complexity index is 812. The lowest BCUT2D eigenvalue weighted by atomic mass is 10.1. The van der Waals surface area contributed by atoms with Crippen LogP contribution in [0.15, 0.2) is 41.4 Å². The minimum absolute atomic E-state index is 0.129. The van der Waals surface area contributed by atoms with E-state index in [9.17, 15) is 13.2 Å². The fourth-order valence-electron chi connectivity index (χ4n) is 2.64. The van der Waals surface area contributed by atoms with E-state index in [1.807, 2.05) is 10.7 Å². The molecule has 3 rings (SSSR count). The van der Waals surface area contributed by atoms with Crippen LogP contribution in [0.2, 0.25) is 0 Å². The van der Waals surface area contributed by atoms with Crippen LogP contribution in [-0.4, -0.2) is 37.3 Å². The lowest BCUT2D eigenvalue weighted by Gasteiger charge is -2.24. The van der Waals surface area contributed by atoms with Gasteiger partial charge in [0.25, 0.3) is 0 Å². The molecule has 1 aromatic heterocycles. The predicted octanol–water partition coefficient (Wildman–Crippen LogP) is 0.963. The van der Waals surface area contributed by atoms with Crippen molar-refractivity contribution in [2.45, 2.75) is 30.3 Å². The van der Waals surface area contributed by atoms with Crippen LogP contribution in [-0.2, 0) is 27.7 Å². The van der Waals surface area contributed by atoms with Gasteiger partial charge in [-0.1, -0.05) is 0 Å². The minimum atomic E-state index is -3.63. The lowest BCUT2D eigenvalue weighted by Crippen LogP contribution is -2.40. The second kappa shape index (κ2) is 6.13. The number of rotatable bonds is 4. The molecule has 0 aliphatic carbocycles. The van der Waals surface area contributed by atoms with E-state index in [1.54, 1.807) is 6.20 Å². The Hall–Kier alpha value is -2.19. The van der Waals surface area contributed by atoms with Crippen LogP contribution in [0.3, 0.4) is 0 Å². The maximum absolute atomic E-state index is 12.5. The number of ether oxygens (including phenoxy) is 1. The number of methoxy groups -OCH3 is 1. The van der Waals surface area contributed by atoms with Crippen LogP contribution in [0.4, 0.5) is 0 Å². The summed E-state index contributed by atoms with van der Waals surface area (Å²) in [4.78, 5) is 11.5. The third kappa shape index (κ3) is 3.27. The quantitative estimate of drug-likeness (QED) is 0.841. The number of esters is 1. The number of benzene rings is 1. The van der Waals surface area contributed by atoms with E-state index in [4.69, 9.17) is 0 Å². The number of carbonyl (C=O) groups is 1. The van der Waals surface area contributed by atoms with Crippen LogP contribution >= 0.6 is 0 Å². The van der Waals surface area contributed by atoms with E-state index in [0.717, 1.165) is 5.69 Å². The molecular weight excluding hydrogens is 318 g/mol. The first-order valence-electron chi connectivity index (χ1n) is 7.21. The highest BCUT2D eigenvalue weighted by Crippen LogP contribution is 2.17. The van der Waals surface area contributed by atoms with Gasteiger partial charge in [0.2, 0.25) is 10.0 Å². The van der Waals surface area contributed by atoms with Crippen molar-refractivity contribution in [1.82, 2.24) is 14.5 Å². The van der Waals surface area contributed by atoms with Gasteiger partial charge in [0.15, 0.2) is 0 Å². The average molecular weight is 335 g/mol. The Morgan fingerprint density at radius 3 is 2.74 bits per heavy atom. The maximum atomic E-state index is 12.5. The van der Waals surface area contributed by atoms with Crippen LogP contribution in [0.1, 0.15) is 22.5 Å². The molecule has 1 atom stereocenters. The molecule has 0 saturated heterocycles. The first-order valence-corrected chi connectivity index (χ1v) is 8.69. The number of fused-ring (bicyclic) bond motifs is 1. The van der Waals surface area contributed by atoms with Crippen LogP contribution in [0, 0.1) is 0 Å². The van der Waals surface area contributed by atoms with Crippen molar-refractivity contribution in [2.24, 2.45) is 0 Å². The fourth-order valence-corrected chi connectivity index (χ4v) is 3.91. The normalized spacial score (nSPS) is 17.5. The molecule has 0 unspecified atom stereocenters. The highest BCUT2D eigenvalue weighted by atomic mass is 32.2. The summed E-state index contributed by atoms with van der Waals surface area (Å²) >= 11 is 0. The molecule has 8 heteroatoms. The molecule has 1 aliphatic rings. The summed E-state index contributed by atoms with van der Waals surface area (Å²) in [6.45, 7) is 0.691. The average Bonchev–Trinajstić information content (AvgIpc) is 3.01. The Balaban J connectivity index is 1.73. The van der Waals surface area contributed by atoms with Crippen molar-refractivity contribution in [3.05, 3.63) is 47.8 Å². The molecule has 0 bridgehead atoms. The Morgan fingerprint density at radius 2 is 2.04 bits per heavy atom. The molecule has 0 spiro atoms. The van der Waals surface area contributed by atoms with Crippen molar-refractivity contribution in [1.29, 1.82) is 0 Å². The van der Waals surface area contributed by atoms with E-state index in [-0.39, 0.29) is 10.9 Å². The van der Waals surface area contributed by atoms with Crippen molar-refractivity contribution in [3.63, 3.8) is 0 Å². The molecule has 1 N–H and O–H groups in total. The summed E-state index contributed by atoms with van der Waals surface area (Å²) in [5.41, 5.74) is 1.33. The van der Waals surface area contributed by atoms with Gasteiger partial charge in [0.05, 0.1) is 17.6 Å². The number of carbonyl (C=O) groups excluding carboxylic acids is 1. The van der Waals surface area contributed by atoms with E-state index in [0.29, 0.717) is 24.9 Å². The highest BCUT2D eigenvalue weighted by molar-refractivity contribution is 7.89. The number of aromatic nitrogens is 2. The molecule has 23 heavy (non-hydrogen) atoms. The molecule has 0 amide bonds. The molecular formula is C15H17N3O4S. The minimum Gasteiger partial charge on any atom is -0.465 e. The Labute approximate surface area is 134 Å². The third-order valence-electron chi connectivity index (χ3n) is 3.86. The van der Waals surface area contributed by atoms with Crippen molar-refractivity contribution in [3.8, 4) is 0 Å². The standard InChI is InChI=1S/C15H17N3O4S/c1-22-15(19)11-2-4-14(5-3-11)23(20,21)17-12-7-9-18-13(10-12)6-8-16-18/h2-6,8,12,17H,7,9-10H2,1H3/t12-/m1/s1. The number of hydrogen-bond donors (Lipinski definition) is 1. The van der Waals surface area contributed by atoms with Crippen molar-refractivity contribution in [2.75, 3.05) is 7.11 Å². The molecule has 1 aliphatic heterocycles. The maximum Gasteiger partial charge on any atom is 0.337 e. The summed E-state index contributed by atoms with van der Waals surface area (Å²) in [5.74, 6) is -0.498. The van der Waals surface area contributed by atoms with E-state index in [2.05, 4.69) is 14.6 Å². The number of hydrogen-bond acceptors (Lipinski definition) is 5. The number of nitrogens with zero attached hydrogens (tertiary/aromatic N) is 2. The van der Waals surface area contributed by atoms with Crippen LogP contribution in [0.25, 0.3) is 0 Å². The summed E-state index contributed by atoms with van der Waals surface area (Å²) in [6, 6.07) is 7.42. The Morgan fingerprint density at radius 1 is 1.30 bits per heavy atom. The number of nitrogens with one attached hydrogen (secondary N) is 1. The van der Waals surface area contributed by atoms with Gasteiger partial charge < -0.3 is 4.74 Å². The molecule has 0 radical (unpaired) electrons. The molecule has 1 aromatic carbocycles. The molecule has 2 aromatic rings.